The molecule has 2 rings (SSSR count). The lowest BCUT2D eigenvalue weighted by atomic mass is 10.1. The average Bonchev–Trinajstić information content (AvgIpc) is 2.63. The van der Waals surface area contributed by atoms with E-state index in [0.29, 0.717) is 4.77 Å². The lowest BCUT2D eigenvalue weighted by Crippen LogP contribution is -2.23. The summed E-state index contributed by atoms with van der Waals surface area (Å²) in [7, 11) is 0. The fourth-order valence-electron chi connectivity index (χ4n) is 1.77. The SMILES string of the molecule is CC(C)(C)n1c(-c2cc(I)ccc2Br)n[nH]c1=S. The zero-order valence-electron chi connectivity index (χ0n) is 10.3. The summed E-state index contributed by atoms with van der Waals surface area (Å²) in [6.45, 7) is 6.34. The van der Waals surface area contributed by atoms with Crippen molar-refractivity contribution < 1.29 is 0 Å². The van der Waals surface area contributed by atoms with Crippen LogP contribution in [-0.4, -0.2) is 14.8 Å². The molecule has 6 heteroatoms. The van der Waals surface area contributed by atoms with Gasteiger partial charge >= 0.3 is 0 Å². The number of hydrogen-bond donors (Lipinski definition) is 1. The van der Waals surface area contributed by atoms with Crippen LogP contribution in [0.4, 0.5) is 0 Å². The lowest BCUT2D eigenvalue weighted by molar-refractivity contribution is 0.395. The molecule has 0 fully saturated rings. The van der Waals surface area contributed by atoms with Gasteiger partial charge in [-0.1, -0.05) is 15.9 Å². The van der Waals surface area contributed by atoms with E-state index in [4.69, 9.17) is 12.2 Å². The fourth-order valence-corrected chi connectivity index (χ4v) is 3.09. The lowest BCUT2D eigenvalue weighted by Gasteiger charge is -2.22. The first kappa shape index (κ1) is 14.2. The minimum atomic E-state index is -0.111. The molecule has 18 heavy (non-hydrogen) atoms. The molecule has 96 valence electrons. The normalized spacial score (nSPS) is 11.8. The Morgan fingerprint density at radius 1 is 1.39 bits per heavy atom. The number of rotatable bonds is 1. The van der Waals surface area contributed by atoms with Crippen LogP contribution >= 0.6 is 50.7 Å². The first-order valence-electron chi connectivity index (χ1n) is 5.44. The maximum absolute atomic E-state index is 5.32. The average molecular weight is 438 g/mol. The Hall–Kier alpha value is -0.210. The van der Waals surface area contributed by atoms with E-state index in [-0.39, 0.29) is 5.54 Å². The second kappa shape index (κ2) is 5.05. The summed E-state index contributed by atoms with van der Waals surface area (Å²) in [6.07, 6.45) is 0. The summed E-state index contributed by atoms with van der Waals surface area (Å²) in [5.41, 5.74) is 0.935. The Kier molecular flexibility index (Phi) is 3.99. The third kappa shape index (κ3) is 2.70. The predicted molar refractivity (Wildman–Crippen MR) is 88.3 cm³/mol. The van der Waals surface area contributed by atoms with Gasteiger partial charge in [0.1, 0.15) is 0 Å². The number of aromatic amines is 1. The minimum Gasteiger partial charge on any atom is -0.295 e. The Balaban J connectivity index is 2.73. The molecule has 0 unspecified atom stereocenters. The van der Waals surface area contributed by atoms with Gasteiger partial charge < -0.3 is 0 Å². The van der Waals surface area contributed by atoms with Crippen LogP contribution in [0.3, 0.4) is 0 Å². The monoisotopic (exact) mass is 437 g/mol. The quantitative estimate of drug-likeness (QED) is 0.516. The highest BCUT2D eigenvalue weighted by molar-refractivity contribution is 14.1. The Labute approximate surface area is 133 Å². The Morgan fingerprint density at radius 2 is 2.06 bits per heavy atom. The molecule has 0 spiro atoms. The summed E-state index contributed by atoms with van der Waals surface area (Å²) >= 11 is 11.2. The van der Waals surface area contributed by atoms with Gasteiger partial charge in [-0.05, 0) is 73.8 Å². The second-order valence-electron chi connectivity index (χ2n) is 4.98. The van der Waals surface area contributed by atoms with E-state index < -0.39 is 0 Å². The van der Waals surface area contributed by atoms with E-state index in [1.54, 1.807) is 0 Å². The molecule has 2 aromatic rings. The molecular weight excluding hydrogens is 425 g/mol. The van der Waals surface area contributed by atoms with Gasteiger partial charge in [0, 0.05) is 19.1 Å². The molecule has 3 nitrogen and oxygen atoms in total. The van der Waals surface area contributed by atoms with Crippen LogP contribution in [0.5, 0.6) is 0 Å². The molecule has 1 N–H and O–H groups in total. The van der Waals surface area contributed by atoms with Gasteiger partial charge in [-0.25, -0.2) is 0 Å². The molecule has 1 aromatic carbocycles. The molecule has 1 heterocycles. The predicted octanol–water partition coefficient (Wildman–Crippen LogP) is 4.73. The van der Waals surface area contributed by atoms with Gasteiger partial charge in [0.25, 0.3) is 0 Å². The fraction of sp³-hybridized carbons (Fsp3) is 0.333. The van der Waals surface area contributed by atoms with Crippen LogP contribution in [-0.2, 0) is 5.54 Å². The number of aromatic nitrogens is 3. The minimum absolute atomic E-state index is 0.111. The number of halogens is 2. The van der Waals surface area contributed by atoms with E-state index in [9.17, 15) is 0 Å². The van der Waals surface area contributed by atoms with Gasteiger partial charge in [0.2, 0.25) is 0 Å². The van der Waals surface area contributed by atoms with Crippen molar-refractivity contribution in [2.45, 2.75) is 26.3 Å². The molecule has 0 bridgehead atoms. The molecular formula is C12H13BrIN3S. The highest BCUT2D eigenvalue weighted by Crippen LogP contribution is 2.31. The number of nitrogens with zero attached hydrogens (tertiary/aromatic N) is 2. The molecule has 0 aliphatic rings. The van der Waals surface area contributed by atoms with Crippen LogP contribution in [0.1, 0.15) is 20.8 Å². The van der Waals surface area contributed by atoms with Gasteiger partial charge in [-0.3, -0.25) is 9.67 Å². The van der Waals surface area contributed by atoms with Crippen LogP contribution < -0.4 is 0 Å². The third-order valence-corrected chi connectivity index (χ3v) is 4.15. The summed E-state index contributed by atoms with van der Waals surface area (Å²) in [6, 6.07) is 6.18. The van der Waals surface area contributed by atoms with E-state index in [1.807, 2.05) is 10.6 Å². The summed E-state index contributed by atoms with van der Waals surface area (Å²) in [4.78, 5) is 0. The summed E-state index contributed by atoms with van der Waals surface area (Å²) < 4.78 is 4.87. The number of H-pyrrole nitrogens is 1. The van der Waals surface area contributed by atoms with E-state index >= 15 is 0 Å². The standard InChI is InChI=1S/C12H13BrIN3S/c1-12(2,3)17-10(15-16-11(17)18)8-6-7(14)4-5-9(8)13/h4-6H,1-3H3,(H,16,18). The molecule has 0 radical (unpaired) electrons. The van der Waals surface area contributed by atoms with Crippen LogP contribution in [0.2, 0.25) is 0 Å². The molecule has 0 amide bonds. The largest absolute Gasteiger partial charge is 0.295 e. The number of nitrogens with one attached hydrogen (secondary N) is 1. The van der Waals surface area contributed by atoms with Gasteiger partial charge in [-0.2, -0.15) is 5.10 Å². The molecule has 0 aliphatic heterocycles. The zero-order valence-corrected chi connectivity index (χ0v) is 14.9. The van der Waals surface area contributed by atoms with Crippen molar-refractivity contribution in [1.29, 1.82) is 0 Å². The van der Waals surface area contributed by atoms with Gasteiger partial charge in [0.05, 0.1) is 0 Å². The Bertz CT molecular complexity index is 640. The van der Waals surface area contributed by atoms with Crippen molar-refractivity contribution in [3.05, 3.63) is 31.0 Å². The smallest absolute Gasteiger partial charge is 0.195 e. The van der Waals surface area contributed by atoms with E-state index in [2.05, 4.69) is 81.6 Å². The second-order valence-corrected chi connectivity index (χ2v) is 7.47. The van der Waals surface area contributed by atoms with E-state index in [0.717, 1.165) is 15.9 Å². The number of benzene rings is 1. The topological polar surface area (TPSA) is 33.6 Å². The van der Waals surface area contributed by atoms with Gasteiger partial charge in [-0.15, -0.1) is 0 Å². The van der Waals surface area contributed by atoms with Crippen LogP contribution in [0.15, 0.2) is 22.7 Å². The molecule has 0 atom stereocenters. The van der Waals surface area contributed by atoms with Crippen molar-refractivity contribution in [1.82, 2.24) is 14.8 Å². The van der Waals surface area contributed by atoms with Crippen molar-refractivity contribution in [3.63, 3.8) is 0 Å². The first-order valence-corrected chi connectivity index (χ1v) is 7.72. The third-order valence-electron chi connectivity index (χ3n) is 2.51. The molecule has 1 aromatic heterocycles. The maximum atomic E-state index is 5.32. The first-order chi connectivity index (χ1) is 8.30. The molecule has 0 aliphatic carbocycles. The summed E-state index contributed by atoms with van der Waals surface area (Å²) in [5.74, 6) is 0.859. The van der Waals surface area contributed by atoms with E-state index in [1.165, 1.54) is 3.57 Å². The maximum Gasteiger partial charge on any atom is 0.195 e. The summed E-state index contributed by atoms with van der Waals surface area (Å²) in [5, 5.41) is 7.25. The highest BCUT2D eigenvalue weighted by atomic mass is 127. The van der Waals surface area contributed by atoms with Crippen LogP contribution in [0.25, 0.3) is 11.4 Å². The van der Waals surface area contributed by atoms with Gasteiger partial charge in [0.15, 0.2) is 10.6 Å². The van der Waals surface area contributed by atoms with Crippen LogP contribution in [0, 0.1) is 8.34 Å². The van der Waals surface area contributed by atoms with Crippen molar-refractivity contribution in [3.8, 4) is 11.4 Å². The van der Waals surface area contributed by atoms with Crippen molar-refractivity contribution in [2.24, 2.45) is 0 Å². The number of hydrogen-bond acceptors (Lipinski definition) is 2. The highest BCUT2D eigenvalue weighted by Gasteiger charge is 2.21. The Morgan fingerprint density at radius 3 is 2.67 bits per heavy atom. The zero-order chi connectivity index (χ0) is 13.5. The molecule has 0 saturated carbocycles. The molecule has 0 saturated heterocycles. The van der Waals surface area contributed by atoms with Crippen molar-refractivity contribution in [2.75, 3.05) is 0 Å². The van der Waals surface area contributed by atoms with Crippen molar-refractivity contribution >= 4 is 50.7 Å².